The molecular formula is C26H25N4O2P. The van der Waals surface area contributed by atoms with Gasteiger partial charge in [0.2, 0.25) is 0 Å². The summed E-state index contributed by atoms with van der Waals surface area (Å²) >= 11 is 0. The van der Waals surface area contributed by atoms with Crippen LogP contribution in [-0.4, -0.2) is 40.1 Å². The van der Waals surface area contributed by atoms with E-state index >= 15 is 0 Å². The van der Waals surface area contributed by atoms with E-state index in [2.05, 4.69) is 44.6 Å². The summed E-state index contributed by atoms with van der Waals surface area (Å²) in [5, 5.41) is 14.8. The van der Waals surface area contributed by atoms with Crippen molar-refractivity contribution in [2.24, 2.45) is 0 Å². The third-order valence-electron chi connectivity index (χ3n) is 5.97. The van der Waals surface area contributed by atoms with E-state index in [1.54, 1.807) is 18.2 Å². The zero-order chi connectivity index (χ0) is 22.9. The van der Waals surface area contributed by atoms with Crippen LogP contribution >= 0.6 is 9.24 Å². The van der Waals surface area contributed by atoms with Gasteiger partial charge in [-0.3, -0.25) is 4.79 Å². The van der Waals surface area contributed by atoms with Gasteiger partial charge in [0.15, 0.2) is 5.82 Å². The van der Waals surface area contributed by atoms with Crippen LogP contribution in [0, 0.1) is 6.92 Å². The Hall–Kier alpha value is -3.50. The normalized spacial score (nSPS) is 15.7. The van der Waals surface area contributed by atoms with E-state index in [-0.39, 0.29) is 17.7 Å². The average molecular weight is 456 g/mol. The third-order valence-corrected chi connectivity index (χ3v) is 6.47. The number of aromatic hydroxyl groups is 1. The van der Waals surface area contributed by atoms with E-state index < -0.39 is 0 Å². The molecule has 1 fully saturated rings. The number of hydrogen-bond acceptors (Lipinski definition) is 5. The third kappa shape index (κ3) is 4.39. The van der Waals surface area contributed by atoms with E-state index in [1.807, 2.05) is 24.3 Å². The number of phenolic OH excluding ortho intramolecular Hbond substituents is 1. The molecule has 6 nitrogen and oxygen atoms in total. The second-order valence-corrected chi connectivity index (χ2v) is 9.06. The lowest BCUT2D eigenvalue weighted by Crippen LogP contribution is -2.37. The fourth-order valence-corrected chi connectivity index (χ4v) is 4.61. The maximum absolute atomic E-state index is 12.7. The molecule has 0 aliphatic carbocycles. The smallest absolute Gasteiger partial charge is 0.251 e. The van der Waals surface area contributed by atoms with Gasteiger partial charge < -0.3 is 15.3 Å². The lowest BCUT2D eigenvalue weighted by molar-refractivity contribution is 0.0940. The Morgan fingerprint density at radius 3 is 2.76 bits per heavy atom. The lowest BCUT2D eigenvalue weighted by Gasteiger charge is -2.21. The van der Waals surface area contributed by atoms with E-state index in [9.17, 15) is 9.90 Å². The molecule has 7 heteroatoms. The van der Waals surface area contributed by atoms with Gasteiger partial charge in [0, 0.05) is 35.6 Å². The maximum Gasteiger partial charge on any atom is 0.251 e. The molecule has 2 atom stereocenters. The van der Waals surface area contributed by atoms with Crippen molar-refractivity contribution in [2.75, 3.05) is 18.0 Å². The van der Waals surface area contributed by atoms with Crippen molar-refractivity contribution in [2.45, 2.75) is 19.4 Å². The lowest BCUT2D eigenvalue weighted by atomic mass is 10.1. The zero-order valence-electron chi connectivity index (χ0n) is 18.3. The maximum atomic E-state index is 12.7. The molecule has 4 aromatic rings. The monoisotopic (exact) mass is 456 g/mol. The van der Waals surface area contributed by atoms with Crippen LogP contribution in [0.5, 0.6) is 5.75 Å². The van der Waals surface area contributed by atoms with Crippen LogP contribution in [0.2, 0.25) is 0 Å². The quantitative estimate of drug-likeness (QED) is 0.457. The van der Waals surface area contributed by atoms with E-state index in [4.69, 9.17) is 9.97 Å². The van der Waals surface area contributed by atoms with Crippen molar-refractivity contribution in [1.29, 1.82) is 0 Å². The summed E-state index contributed by atoms with van der Waals surface area (Å²) in [6, 6.07) is 20.7. The van der Waals surface area contributed by atoms with Crippen molar-refractivity contribution in [3.8, 4) is 17.1 Å². The van der Waals surface area contributed by atoms with Gasteiger partial charge in [-0.05, 0) is 54.5 Å². The molecule has 3 aromatic carbocycles. The summed E-state index contributed by atoms with van der Waals surface area (Å²) in [7, 11) is 2.76. The molecule has 1 aromatic heterocycles. The van der Waals surface area contributed by atoms with Crippen LogP contribution in [-0.2, 0) is 0 Å². The highest BCUT2D eigenvalue weighted by atomic mass is 31.0. The molecule has 0 saturated carbocycles. The molecular weight excluding hydrogens is 431 g/mol. The minimum atomic E-state index is -0.182. The number of amides is 1. The molecule has 166 valence electrons. The predicted octanol–water partition coefficient (Wildman–Crippen LogP) is 3.82. The average Bonchev–Trinajstić information content (AvgIpc) is 3.26. The molecule has 1 aliphatic rings. The molecule has 1 aliphatic heterocycles. The summed E-state index contributed by atoms with van der Waals surface area (Å²) < 4.78 is 0. The number of fused-ring (bicyclic) bond motifs is 1. The Kier molecular flexibility index (Phi) is 5.69. The number of aromatic nitrogens is 2. The number of nitrogens with one attached hydrogen (secondary N) is 1. The number of aryl methyl sites for hydroxylation is 1. The van der Waals surface area contributed by atoms with Gasteiger partial charge >= 0.3 is 0 Å². The second-order valence-electron chi connectivity index (χ2n) is 8.43. The molecule has 33 heavy (non-hydrogen) atoms. The minimum Gasteiger partial charge on any atom is -0.508 e. The molecule has 1 amide bonds. The SMILES string of the molecule is Cc1ccc2c(N3CCC(NC(=O)c4cccc(O)c4)C3)nc(-c3ccccc3P)nc2c1. The predicted molar refractivity (Wildman–Crippen MR) is 135 cm³/mol. The molecule has 2 heterocycles. The van der Waals surface area contributed by atoms with Crippen molar-refractivity contribution >= 4 is 37.2 Å². The fourth-order valence-electron chi connectivity index (χ4n) is 4.27. The number of anilines is 1. The zero-order valence-corrected chi connectivity index (χ0v) is 19.5. The van der Waals surface area contributed by atoms with Crippen LogP contribution < -0.4 is 15.5 Å². The number of nitrogens with zero attached hydrogens (tertiary/aromatic N) is 3. The highest BCUT2D eigenvalue weighted by Crippen LogP contribution is 2.30. The van der Waals surface area contributed by atoms with Gasteiger partial charge in [-0.25, -0.2) is 9.97 Å². The second kappa shape index (κ2) is 8.80. The first-order valence-corrected chi connectivity index (χ1v) is 11.5. The van der Waals surface area contributed by atoms with Crippen molar-refractivity contribution < 1.29 is 9.90 Å². The van der Waals surface area contributed by atoms with Crippen LogP contribution in [0.1, 0.15) is 22.3 Å². The summed E-state index contributed by atoms with van der Waals surface area (Å²) in [6.07, 6.45) is 0.817. The highest BCUT2D eigenvalue weighted by molar-refractivity contribution is 7.27. The number of benzene rings is 3. The van der Waals surface area contributed by atoms with E-state index in [1.165, 1.54) is 6.07 Å². The fraction of sp³-hybridized carbons (Fsp3) is 0.192. The first-order chi connectivity index (χ1) is 16.0. The summed E-state index contributed by atoms with van der Waals surface area (Å²) in [6.45, 7) is 3.51. The van der Waals surface area contributed by atoms with Gasteiger partial charge in [-0.15, -0.1) is 9.24 Å². The summed E-state index contributed by atoms with van der Waals surface area (Å²) in [5.41, 5.74) is 3.50. The van der Waals surface area contributed by atoms with Gasteiger partial charge in [0.1, 0.15) is 11.6 Å². The Bertz CT molecular complexity index is 1360. The Labute approximate surface area is 194 Å². The van der Waals surface area contributed by atoms with Crippen LogP contribution in [0.3, 0.4) is 0 Å². The Morgan fingerprint density at radius 2 is 1.94 bits per heavy atom. The number of hydrogen-bond donors (Lipinski definition) is 2. The van der Waals surface area contributed by atoms with Gasteiger partial charge in [0.05, 0.1) is 5.52 Å². The largest absolute Gasteiger partial charge is 0.508 e. The van der Waals surface area contributed by atoms with E-state index in [0.29, 0.717) is 17.9 Å². The standard InChI is InChI=1S/C26H25N4O2P/c1-16-9-10-20-22(13-16)28-24(21-7-2-3-8-23(21)33)29-25(20)30-12-11-18(15-30)27-26(32)17-5-4-6-19(31)14-17/h2-10,13-14,18,31H,11-12,15,33H2,1H3,(H,27,32). The first-order valence-electron chi connectivity index (χ1n) is 11.0. The number of rotatable bonds is 4. The van der Waals surface area contributed by atoms with Crippen molar-refractivity contribution in [3.05, 3.63) is 77.9 Å². The summed E-state index contributed by atoms with van der Waals surface area (Å²) in [5.74, 6) is 1.48. The molecule has 1 saturated heterocycles. The number of carbonyl (C=O) groups excluding carboxylic acids is 1. The van der Waals surface area contributed by atoms with Crippen molar-refractivity contribution in [1.82, 2.24) is 15.3 Å². The topological polar surface area (TPSA) is 78.4 Å². The van der Waals surface area contributed by atoms with Crippen LogP contribution in [0.15, 0.2) is 66.7 Å². The molecule has 2 N–H and O–H groups in total. The molecule has 0 spiro atoms. The Morgan fingerprint density at radius 1 is 1.09 bits per heavy atom. The van der Waals surface area contributed by atoms with Gasteiger partial charge in [-0.1, -0.05) is 36.4 Å². The highest BCUT2D eigenvalue weighted by Gasteiger charge is 2.27. The van der Waals surface area contributed by atoms with Gasteiger partial charge in [0.25, 0.3) is 5.91 Å². The molecule has 2 unspecified atom stereocenters. The molecule has 5 rings (SSSR count). The number of carbonyl (C=O) groups is 1. The van der Waals surface area contributed by atoms with Crippen LogP contribution in [0.4, 0.5) is 5.82 Å². The molecule has 0 bridgehead atoms. The minimum absolute atomic E-state index is 0.00669. The first kappa shape index (κ1) is 21.4. The number of phenols is 1. The summed E-state index contributed by atoms with van der Waals surface area (Å²) in [4.78, 5) is 24.7. The van der Waals surface area contributed by atoms with Crippen LogP contribution in [0.25, 0.3) is 22.3 Å². The Balaban J connectivity index is 1.46. The van der Waals surface area contributed by atoms with Crippen molar-refractivity contribution in [3.63, 3.8) is 0 Å². The molecule has 0 radical (unpaired) electrons. The van der Waals surface area contributed by atoms with Gasteiger partial charge in [-0.2, -0.15) is 0 Å². The van der Waals surface area contributed by atoms with E-state index in [0.717, 1.165) is 46.1 Å².